The van der Waals surface area contributed by atoms with E-state index < -0.39 is 53.2 Å². The predicted molar refractivity (Wildman–Crippen MR) is 94.8 cm³/mol. The molecule has 3 rings (SSSR count). The third-order valence-corrected chi connectivity index (χ3v) is 4.99. The first kappa shape index (κ1) is 20.8. The summed E-state index contributed by atoms with van der Waals surface area (Å²) in [6.07, 6.45) is -2.41. The van der Waals surface area contributed by atoms with Crippen LogP contribution in [-0.2, 0) is 9.59 Å². The van der Waals surface area contributed by atoms with E-state index in [1.54, 1.807) is 0 Å². The molecule has 2 atom stereocenters. The van der Waals surface area contributed by atoms with Crippen molar-refractivity contribution >= 4 is 17.5 Å². The largest absolute Gasteiger partial charge is 0.345 e. The van der Waals surface area contributed by atoms with Crippen molar-refractivity contribution in [1.29, 1.82) is 0 Å². The van der Waals surface area contributed by atoms with Crippen LogP contribution < -0.4 is 5.32 Å². The van der Waals surface area contributed by atoms with Gasteiger partial charge in [-0.1, -0.05) is 18.2 Å². The van der Waals surface area contributed by atoms with Crippen LogP contribution in [0.15, 0.2) is 36.4 Å². The summed E-state index contributed by atoms with van der Waals surface area (Å²) in [6, 6.07) is 6.89. The number of piperidine rings is 1. The first-order chi connectivity index (χ1) is 13.7. The summed E-state index contributed by atoms with van der Waals surface area (Å²) in [6.45, 7) is 0.297. The minimum atomic E-state index is -2.72. The lowest BCUT2D eigenvalue weighted by molar-refractivity contribution is -0.143. The molecule has 1 fully saturated rings. The maximum atomic E-state index is 13.9. The Bertz CT molecular complexity index is 950. The summed E-state index contributed by atoms with van der Waals surface area (Å²) in [5, 5.41) is 2.12. The summed E-state index contributed by atoms with van der Waals surface area (Å²) in [5.41, 5.74) is -0.496. The zero-order valence-electron chi connectivity index (χ0n) is 15.3. The van der Waals surface area contributed by atoms with Crippen LogP contribution in [0.25, 0.3) is 0 Å². The Hall–Kier alpha value is -2.97. The molecular weight excluding hydrogens is 395 g/mol. The Morgan fingerprint density at radius 2 is 1.86 bits per heavy atom. The van der Waals surface area contributed by atoms with Crippen molar-refractivity contribution in [2.24, 2.45) is 5.92 Å². The highest BCUT2D eigenvalue weighted by Crippen LogP contribution is 2.36. The molecule has 4 nitrogen and oxygen atoms in total. The number of alkyl halides is 2. The Balaban J connectivity index is 1.94. The highest BCUT2D eigenvalue weighted by atomic mass is 19.3. The molecular formula is C20H17F5N2O2. The average molecular weight is 412 g/mol. The summed E-state index contributed by atoms with van der Waals surface area (Å²) in [4.78, 5) is 26.7. The number of rotatable bonds is 4. The molecule has 1 saturated heterocycles. The van der Waals surface area contributed by atoms with Gasteiger partial charge in [0, 0.05) is 25.1 Å². The van der Waals surface area contributed by atoms with Crippen LogP contribution in [-0.4, -0.2) is 30.3 Å². The van der Waals surface area contributed by atoms with Crippen LogP contribution in [0.4, 0.5) is 27.6 Å². The van der Waals surface area contributed by atoms with Gasteiger partial charge in [-0.05, 0) is 30.2 Å². The van der Waals surface area contributed by atoms with E-state index >= 15 is 0 Å². The van der Waals surface area contributed by atoms with E-state index in [0.717, 1.165) is 6.07 Å². The Labute approximate surface area is 163 Å². The monoisotopic (exact) mass is 412 g/mol. The van der Waals surface area contributed by atoms with Gasteiger partial charge < -0.3 is 10.2 Å². The molecule has 154 valence electrons. The van der Waals surface area contributed by atoms with Crippen molar-refractivity contribution in [1.82, 2.24) is 4.90 Å². The van der Waals surface area contributed by atoms with Gasteiger partial charge in [0.05, 0.1) is 5.69 Å². The van der Waals surface area contributed by atoms with Crippen LogP contribution in [0.5, 0.6) is 0 Å². The number of anilines is 1. The quantitative estimate of drug-likeness (QED) is 0.464. The second-order valence-corrected chi connectivity index (χ2v) is 6.82. The molecule has 2 amide bonds. The van der Waals surface area contributed by atoms with Crippen molar-refractivity contribution in [3.05, 3.63) is 65.0 Å². The Morgan fingerprint density at radius 1 is 1.14 bits per heavy atom. The van der Waals surface area contributed by atoms with Crippen LogP contribution in [0, 0.1) is 23.4 Å². The standard InChI is InChI=1S/C20H17F5N2O2/c1-27-8-7-12(10-3-2-4-11(9-10)18(24)25)15(20(27)29)19(28)26-14-6-5-13(21)16(22)17(14)23/h2-6,9,12,15,18H,7-8H2,1H3,(H,26,28). The summed E-state index contributed by atoms with van der Waals surface area (Å²) >= 11 is 0. The van der Waals surface area contributed by atoms with Gasteiger partial charge in [0.1, 0.15) is 5.92 Å². The van der Waals surface area contributed by atoms with E-state index in [4.69, 9.17) is 0 Å². The molecule has 1 aliphatic rings. The SMILES string of the molecule is CN1CCC(c2cccc(C(F)F)c2)C(C(=O)Nc2ccc(F)c(F)c2F)C1=O. The van der Waals surface area contributed by atoms with Gasteiger partial charge in [0.15, 0.2) is 17.5 Å². The molecule has 0 aromatic heterocycles. The average Bonchev–Trinajstić information content (AvgIpc) is 2.70. The number of halogens is 5. The van der Waals surface area contributed by atoms with Crippen molar-refractivity contribution in [2.45, 2.75) is 18.8 Å². The summed E-state index contributed by atoms with van der Waals surface area (Å²) < 4.78 is 66.6. The molecule has 0 saturated carbocycles. The van der Waals surface area contributed by atoms with Crippen LogP contribution in [0.1, 0.15) is 29.9 Å². The van der Waals surface area contributed by atoms with Gasteiger partial charge in [0.2, 0.25) is 11.8 Å². The molecule has 2 unspecified atom stereocenters. The maximum Gasteiger partial charge on any atom is 0.263 e. The molecule has 2 aromatic carbocycles. The molecule has 1 N–H and O–H groups in total. The zero-order valence-corrected chi connectivity index (χ0v) is 15.3. The molecule has 0 bridgehead atoms. The van der Waals surface area contributed by atoms with E-state index in [9.17, 15) is 31.5 Å². The molecule has 29 heavy (non-hydrogen) atoms. The minimum absolute atomic E-state index is 0.250. The van der Waals surface area contributed by atoms with Gasteiger partial charge in [-0.3, -0.25) is 9.59 Å². The number of hydrogen-bond acceptors (Lipinski definition) is 2. The van der Waals surface area contributed by atoms with E-state index in [1.165, 1.54) is 36.2 Å². The summed E-state index contributed by atoms with van der Waals surface area (Å²) in [7, 11) is 1.48. The maximum absolute atomic E-state index is 13.9. The molecule has 0 aliphatic carbocycles. The third-order valence-electron chi connectivity index (χ3n) is 4.99. The van der Waals surface area contributed by atoms with Crippen molar-refractivity contribution < 1.29 is 31.5 Å². The first-order valence-electron chi connectivity index (χ1n) is 8.78. The van der Waals surface area contributed by atoms with Crippen molar-refractivity contribution in [3.8, 4) is 0 Å². The fourth-order valence-corrected chi connectivity index (χ4v) is 3.43. The Morgan fingerprint density at radius 3 is 2.55 bits per heavy atom. The van der Waals surface area contributed by atoms with Gasteiger partial charge in [-0.25, -0.2) is 22.0 Å². The third kappa shape index (κ3) is 4.08. The van der Waals surface area contributed by atoms with Gasteiger partial charge in [0.25, 0.3) is 6.43 Å². The lowest BCUT2D eigenvalue weighted by Gasteiger charge is -2.35. The number of amides is 2. The van der Waals surface area contributed by atoms with Gasteiger partial charge in [-0.15, -0.1) is 0 Å². The van der Waals surface area contributed by atoms with E-state index in [2.05, 4.69) is 5.32 Å². The Kier molecular flexibility index (Phi) is 5.86. The molecule has 1 aliphatic heterocycles. The second-order valence-electron chi connectivity index (χ2n) is 6.82. The highest BCUT2D eigenvalue weighted by Gasteiger charge is 2.41. The molecule has 9 heteroatoms. The number of nitrogens with zero attached hydrogens (tertiary/aromatic N) is 1. The summed E-state index contributed by atoms with van der Waals surface area (Å²) in [5.74, 6) is -8.35. The zero-order chi connectivity index (χ0) is 21.3. The molecule has 0 spiro atoms. The van der Waals surface area contributed by atoms with Crippen molar-refractivity contribution in [2.75, 3.05) is 18.9 Å². The van der Waals surface area contributed by atoms with Gasteiger partial charge in [-0.2, -0.15) is 0 Å². The number of benzene rings is 2. The lowest BCUT2D eigenvalue weighted by Crippen LogP contribution is -2.47. The van der Waals surface area contributed by atoms with E-state index in [0.29, 0.717) is 24.6 Å². The van der Waals surface area contributed by atoms with E-state index in [-0.39, 0.29) is 5.56 Å². The second kappa shape index (κ2) is 8.18. The fraction of sp³-hybridized carbons (Fsp3) is 0.300. The normalized spacial score (nSPS) is 19.6. The minimum Gasteiger partial charge on any atom is -0.345 e. The smallest absolute Gasteiger partial charge is 0.263 e. The molecule has 1 heterocycles. The van der Waals surface area contributed by atoms with Crippen LogP contribution in [0.2, 0.25) is 0 Å². The van der Waals surface area contributed by atoms with Gasteiger partial charge >= 0.3 is 0 Å². The first-order valence-corrected chi connectivity index (χ1v) is 8.78. The molecule has 2 aromatic rings. The van der Waals surface area contributed by atoms with E-state index in [1.807, 2.05) is 0 Å². The number of carbonyl (C=O) groups is 2. The van der Waals surface area contributed by atoms with Crippen LogP contribution in [0.3, 0.4) is 0 Å². The fourth-order valence-electron chi connectivity index (χ4n) is 3.43. The number of carbonyl (C=O) groups excluding carboxylic acids is 2. The lowest BCUT2D eigenvalue weighted by atomic mass is 9.79. The van der Waals surface area contributed by atoms with Crippen LogP contribution >= 0.6 is 0 Å². The predicted octanol–water partition coefficient (Wildman–Crippen LogP) is 4.24. The number of hydrogen-bond donors (Lipinski definition) is 1. The number of likely N-dealkylation sites (tertiary alicyclic amines) is 1. The highest BCUT2D eigenvalue weighted by molar-refractivity contribution is 6.07. The number of nitrogens with one attached hydrogen (secondary N) is 1. The topological polar surface area (TPSA) is 49.4 Å². The molecule has 0 radical (unpaired) electrons. The van der Waals surface area contributed by atoms with Crippen molar-refractivity contribution in [3.63, 3.8) is 0 Å².